The van der Waals surface area contributed by atoms with Gasteiger partial charge in [0.05, 0.1) is 18.7 Å². The lowest BCUT2D eigenvalue weighted by molar-refractivity contribution is -0.134. The van der Waals surface area contributed by atoms with E-state index in [2.05, 4.69) is 4.74 Å². The zero-order valence-corrected chi connectivity index (χ0v) is 9.95. The van der Waals surface area contributed by atoms with Crippen LogP contribution in [0.25, 0.3) is 6.08 Å². The fraction of sp³-hybridized carbons (Fsp3) is 0.250. The summed E-state index contributed by atoms with van der Waals surface area (Å²) in [6.45, 7) is 2.46. The lowest BCUT2D eigenvalue weighted by atomic mass is 10.2. The van der Waals surface area contributed by atoms with E-state index in [0.717, 1.165) is 5.56 Å². The highest BCUT2D eigenvalue weighted by atomic mass is 35.5. The molecule has 0 saturated heterocycles. The van der Waals surface area contributed by atoms with Crippen LogP contribution in [0.2, 0.25) is 5.02 Å². The predicted molar refractivity (Wildman–Crippen MR) is 63.7 cm³/mol. The Kier molecular flexibility index (Phi) is 4.86. The summed E-state index contributed by atoms with van der Waals surface area (Å²) >= 11 is 5.98. The van der Waals surface area contributed by atoms with Gasteiger partial charge in [-0.2, -0.15) is 0 Å². The minimum Gasteiger partial charge on any atom is -0.492 e. The van der Waals surface area contributed by atoms with E-state index >= 15 is 0 Å². The molecule has 0 bridgehead atoms. The van der Waals surface area contributed by atoms with Gasteiger partial charge < -0.3 is 9.47 Å². The van der Waals surface area contributed by atoms with Gasteiger partial charge in [0.2, 0.25) is 0 Å². The van der Waals surface area contributed by atoms with Crippen LogP contribution in [0.1, 0.15) is 12.5 Å². The molecule has 86 valence electrons. The third kappa shape index (κ3) is 3.59. The molecule has 0 aliphatic rings. The fourth-order valence-corrected chi connectivity index (χ4v) is 1.37. The molecule has 1 aromatic rings. The van der Waals surface area contributed by atoms with Crippen LogP contribution in [0.5, 0.6) is 5.75 Å². The lowest BCUT2D eigenvalue weighted by Gasteiger charge is -2.05. The Hall–Kier alpha value is -1.48. The quantitative estimate of drug-likeness (QED) is 0.600. The monoisotopic (exact) mass is 240 g/mol. The van der Waals surface area contributed by atoms with Crippen LogP contribution in [0.3, 0.4) is 0 Å². The number of ether oxygens (including phenoxy) is 2. The van der Waals surface area contributed by atoms with Crippen molar-refractivity contribution < 1.29 is 14.3 Å². The molecule has 0 saturated carbocycles. The van der Waals surface area contributed by atoms with Crippen molar-refractivity contribution in [2.24, 2.45) is 0 Å². The maximum Gasteiger partial charge on any atom is 0.330 e. The van der Waals surface area contributed by atoms with Crippen LogP contribution >= 0.6 is 11.6 Å². The van der Waals surface area contributed by atoms with Crippen molar-refractivity contribution in [3.05, 3.63) is 34.9 Å². The highest BCUT2D eigenvalue weighted by Crippen LogP contribution is 2.25. The smallest absolute Gasteiger partial charge is 0.330 e. The zero-order valence-electron chi connectivity index (χ0n) is 9.20. The van der Waals surface area contributed by atoms with Gasteiger partial charge in [0.1, 0.15) is 5.75 Å². The van der Waals surface area contributed by atoms with Crippen molar-refractivity contribution in [3.8, 4) is 5.75 Å². The third-order valence-corrected chi connectivity index (χ3v) is 2.16. The van der Waals surface area contributed by atoms with Gasteiger partial charge in [-0.25, -0.2) is 4.79 Å². The number of carbonyl (C=O) groups excluding carboxylic acids is 1. The van der Waals surface area contributed by atoms with Crippen molar-refractivity contribution in [3.63, 3.8) is 0 Å². The summed E-state index contributed by atoms with van der Waals surface area (Å²) in [7, 11) is 1.33. The molecule has 0 radical (unpaired) electrons. The van der Waals surface area contributed by atoms with E-state index < -0.39 is 5.97 Å². The summed E-state index contributed by atoms with van der Waals surface area (Å²) in [5, 5.41) is 0.522. The average molecular weight is 241 g/mol. The zero-order chi connectivity index (χ0) is 12.0. The van der Waals surface area contributed by atoms with Gasteiger partial charge in [-0.15, -0.1) is 0 Å². The highest BCUT2D eigenvalue weighted by Gasteiger charge is 2.01. The Morgan fingerprint density at radius 3 is 2.81 bits per heavy atom. The van der Waals surface area contributed by atoms with Crippen LogP contribution in [0.15, 0.2) is 24.3 Å². The molecule has 0 amide bonds. The molecule has 1 aromatic carbocycles. The minimum atomic E-state index is -0.398. The summed E-state index contributed by atoms with van der Waals surface area (Å²) < 4.78 is 9.77. The number of hydrogen-bond acceptors (Lipinski definition) is 3. The predicted octanol–water partition coefficient (Wildman–Crippen LogP) is 2.92. The van der Waals surface area contributed by atoms with E-state index in [1.54, 1.807) is 18.2 Å². The van der Waals surface area contributed by atoms with E-state index in [4.69, 9.17) is 16.3 Å². The first-order valence-electron chi connectivity index (χ1n) is 4.85. The molecule has 3 nitrogen and oxygen atoms in total. The van der Waals surface area contributed by atoms with Crippen LogP contribution in [0.4, 0.5) is 0 Å². The molecule has 4 heteroatoms. The van der Waals surface area contributed by atoms with Crippen molar-refractivity contribution in [1.29, 1.82) is 0 Å². The number of benzene rings is 1. The second kappa shape index (κ2) is 6.18. The Balaban J connectivity index is 2.81. The molecule has 0 unspecified atom stereocenters. The Morgan fingerprint density at radius 1 is 1.50 bits per heavy atom. The first-order valence-corrected chi connectivity index (χ1v) is 5.23. The summed E-state index contributed by atoms with van der Waals surface area (Å²) in [4.78, 5) is 10.9. The van der Waals surface area contributed by atoms with E-state index in [9.17, 15) is 4.79 Å². The molecule has 16 heavy (non-hydrogen) atoms. The van der Waals surface area contributed by atoms with Crippen LogP contribution < -0.4 is 4.74 Å². The largest absolute Gasteiger partial charge is 0.492 e. The molecular weight excluding hydrogens is 228 g/mol. The average Bonchev–Trinajstić information content (AvgIpc) is 2.29. The van der Waals surface area contributed by atoms with E-state index in [-0.39, 0.29) is 0 Å². The van der Waals surface area contributed by atoms with Crippen LogP contribution in [0, 0.1) is 0 Å². The number of carbonyl (C=O) groups is 1. The second-order valence-corrected chi connectivity index (χ2v) is 3.39. The van der Waals surface area contributed by atoms with Gasteiger partial charge in [-0.05, 0) is 30.7 Å². The lowest BCUT2D eigenvalue weighted by Crippen LogP contribution is -1.94. The Morgan fingerprint density at radius 2 is 2.25 bits per heavy atom. The maximum atomic E-state index is 10.9. The van der Waals surface area contributed by atoms with E-state index in [0.29, 0.717) is 17.4 Å². The molecule has 0 aliphatic carbocycles. The fourth-order valence-electron chi connectivity index (χ4n) is 1.13. The summed E-state index contributed by atoms with van der Waals surface area (Å²) in [6, 6.07) is 5.31. The third-order valence-electron chi connectivity index (χ3n) is 1.87. The molecule has 0 aromatic heterocycles. The van der Waals surface area contributed by atoms with Gasteiger partial charge >= 0.3 is 5.97 Å². The molecule has 0 N–H and O–H groups in total. The molecular formula is C12H13ClO3. The van der Waals surface area contributed by atoms with Crippen molar-refractivity contribution in [2.45, 2.75) is 6.92 Å². The number of methoxy groups -OCH3 is 1. The van der Waals surface area contributed by atoms with Crippen molar-refractivity contribution in [2.75, 3.05) is 13.7 Å². The molecule has 0 atom stereocenters. The number of hydrogen-bond donors (Lipinski definition) is 0. The first-order chi connectivity index (χ1) is 7.67. The van der Waals surface area contributed by atoms with Gasteiger partial charge in [0.15, 0.2) is 0 Å². The first kappa shape index (κ1) is 12.6. The highest BCUT2D eigenvalue weighted by molar-refractivity contribution is 6.32. The van der Waals surface area contributed by atoms with Crippen molar-refractivity contribution >= 4 is 23.6 Å². The van der Waals surface area contributed by atoms with Gasteiger partial charge in [-0.3, -0.25) is 0 Å². The van der Waals surface area contributed by atoms with E-state index in [1.165, 1.54) is 13.2 Å². The number of esters is 1. The van der Waals surface area contributed by atoms with Gasteiger partial charge in [0.25, 0.3) is 0 Å². The maximum absolute atomic E-state index is 10.9. The number of rotatable bonds is 4. The standard InChI is InChI=1S/C12H13ClO3/c1-3-16-11-6-4-9(8-10(11)13)5-7-12(14)15-2/h4-8H,3H2,1-2H3/b7-5+. The molecule has 0 aliphatic heterocycles. The van der Waals surface area contributed by atoms with Gasteiger partial charge in [0, 0.05) is 6.08 Å². The molecule has 0 heterocycles. The number of halogens is 1. The summed E-state index contributed by atoms with van der Waals surface area (Å²) in [5.74, 6) is 0.240. The molecule has 0 spiro atoms. The second-order valence-electron chi connectivity index (χ2n) is 2.98. The van der Waals surface area contributed by atoms with Crippen LogP contribution in [-0.2, 0) is 9.53 Å². The van der Waals surface area contributed by atoms with E-state index in [1.807, 2.05) is 13.0 Å². The molecule has 1 rings (SSSR count). The Bertz CT molecular complexity index is 399. The van der Waals surface area contributed by atoms with Crippen LogP contribution in [-0.4, -0.2) is 19.7 Å². The summed E-state index contributed by atoms with van der Waals surface area (Å²) in [5.41, 5.74) is 0.818. The Labute approximate surface area is 99.6 Å². The molecule has 0 fully saturated rings. The summed E-state index contributed by atoms with van der Waals surface area (Å²) in [6.07, 6.45) is 2.97. The van der Waals surface area contributed by atoms with Gasteiger partial charge in [-0.1, -0.05) is 17.7 Å². The SMILES string of the molecule is CCOc1ccc(/C=C/C(=O)OC)cc1Cl. The van der Waals surface area contributed by atoms with Crippen molar-refractivity contribution in [1.82, 2.24) is 0 Å². The minimum absolute atomic E-state index is 0.398. The topological polar surface area (TPSA) is 35.5 Å². The normalized spacial score (nSPS) is 10.4.